The van der Waals surface area contributed by atoms with Crippen LogP contribution in [0.3, 0.4) is 0 Å². The molecule has 0 aliphatic heterocycles. The third-order valence-electron chi connectivity index (χ3n) is 4.25. The molecule has 4 heteroatoms. The maximum absolute atomic E-state index is 9.63. The molecule has 1 rings (SSSR count). The van der Waals surface area contributed by atoms with Gasteiger partial charge in [-0.25, -0.2) is 0 Å². The summed E-state index contributed by atoms with van der Waals surface area (Å²) >= 11 is 0. The van der Waals surface area contributed by atoms with Crippen molar-refractivity contribution < 1.29 is 4.74 Å². The van der Waals surface area contributed by atoms with Crippen molar-refractivity contribution in [2.24, 2.45) is 5.92 Å². The number of nitrogens with one attached hydrogen (secondary N) is 1. The fraction of sp³-hybridized carbons (Fsp3) is 0.938. The Labute approximate surface area is 124 Å². The summed E-state index contributed by atoms with van der Waals surface area (Å²) < 4.78 is 5.38. The minimum atomic E-state index is -0.297. The summed E-state index contributed by atoms with van der Waals surface area (Å²) in [5, 5.41) is 13.2. The second-order valence-corrected chi connectivity index (χ2v) is 6.26. The van der Waals surface area contributed by atoms with Crippen molar-refractivity contribution in [3.63, 3.8) is 0 Å². The number of ether oxygens (including phenoxy) is 1. The van der Waals surface area contributed by atoms with Gasteiger partial charge in [0.2, 0.25) is 0 Å². The average molecular weight is 281 g/mol. The van der Waals surface area contributed by atoms with Crippen LogP contribution in [0.4, 0.5) is 0 Å². The van der Waals surface area contributed by atoms with Crippen LogP contribution in [0, 0.1) is 17.2 Å². The lowest BCUT2D eigenvalue weighted by Crippen LogP contribution is -2.50. The lowest BCUT2D eigenvalue weighted by atomic mass is 9.85. The predicted molar refractivity (Wildman–Crippen MR) is 82.6 cm³/mol. The van der Waals surface area contributed by atoms with E-state index >= 15 is 0 Å². The van der Waals surface area contributed by atoms with Gasteiger partial charge in [0.25, 0.3) is 0 Å². The zero-order chi connectivity index (χ0) is 15.0. The normalized spacial score (nSPS) is 26.4. The van der Waals surface area contributed by atoms with E-state index in [1.807, 2.05) is 6.92 Å². The van der Waals surface area contributed by atoms with Crippen LogP contribution in [-0.4, -0.2) is 49.8 Å². The SMILES string of the molecule is CCOCCN(C)CCC1CCCC1(C#N)NC(C)C. The van der Waals surface area contributed by atoms with Gasteiger partial charge in [0.05, 0.1) is 12.7 Å². The quantitative estimate of drug-likeness (QED) is 0.659. The highest BCUT2D eigenvalue weighted by Gasteiger charge is 2.43. The Hall–Kier alpha value is -0.630. The number of rotatable bonds is 9. The van der Waals surface area contributed by atoms with Crippen molar-refractivity contribution in [2.75, 3.05) is 33.4 Å². The maximum Gasteiger partial charge on any atom is 0.109 e. The van der Waals surface area contributed by atoms with Crippen molar-refractivity contribution in [1.29, 1.82) is 5.26 Å². The number of hydrogen-bond acceptors (Lipinski definition) is 4. The molecule has 0 aromatic heterocycles. The molecule has 2 atom stereocenters. The van der Waals surface area contributed by atoms with Crippen molar-refractivity contribution in [1.82, 2.24) is 10.2 Å². The van der Waals surface area contributed by atoms with Crippen LogP contribution in [0.15, 0.2) is 0 Å². The van der Waals surface area contributed by atoms with E-state index in [4.69, 9.17) is 4.74 Å². The minimum absolute atomic E-state index is 0.297. The Balaban J connectivity index is 2.43. The molecule has 4 nitrogen and oxygen atoms in total. The monoisotopic (exact) mass is 281 g/mol. The largest absolute Gasteiger partial charge is 0.380 e. The first-order valence-corrected chi connectivity index (χ1v) is 7.99. The molecule has 0 amide bonds. The molecule has 0 saturated heterocycles. The summed E-state index contributed by atoms with van der Waals surface area (Å²) in [6.07, 6.45) is 4.43. The van der Waals surface area contributed by atoms with Crippen LogP contribution in [0.5, 0.6) is 0 Å². The number of nitriles is 1. The molecule has 20 heavy (non-hydrogen) atoms. The van der Waals surface area contributed by atoms with E-state index in [0.717, 1.165) is 39.1 Å². The zero-order valence-corrected chi connectivity index (χ0v) is 13.6. The van der Waals surface area contributed by atoms with Crippen LogP contribution in [0.25, 0.3) is 0 Å². The third-order valence-corrected chi connectivity index (χ3v) is 4.25. The smallest absolute Gasteiger partial charge is 0.109 e. The third kappa shape index (κ3) is 5.05. The van der Waals surface area contributed by atoms with Crippen LogP contribution < -0.4 is 5.32 Å². The summed E-state index contributed by atoms with van der Waals surface area (Å²) in [7, 11) is 2.14. The summed E-state index contributed by atoms with van der Waals surface area (Å²) in [6.45, 7) is 9.87. The van der Waals surface area contributed by atoms with E-state index in [0.29, 0.717) is 12.0 Å². The lowest BCUT2D eigenvalue weighted by Gasteiger charge is -2.33. The Morgan fingerprint density at radius 2 is 2.20 bits per heavy atom. The molecular formula is C16H31N3O. The standard InChI is InChI=1S/C16H31N3O/c1-5-20-12-11-19(4)10-8-15-7-6-9-16(15,13-17)18-14(2)3/h14-15,18H,5-12H2,1-4H3. The molecule has 1 N–H and O–H groups in total. The van der Waals surface area contributed by atoms with E-state index in [2.05, 4.69) is 37.2 Å². The highest BCUT2D eigenvalue weighted by molar-refractivity contribution is 5.14. The second kappa shape index (κ2) is 8.61. The molecule has 0 aromatic rings. The Bertz CT molecular complexity index is 313. The highest BCUT2D eigenvalue weighted by Crippen LogP contribution is 2.38. The van der Waals surface area contributed by atoms with Gasteiger partial charge in [-0.2, -0.15) is 5.26 Å². The van der Waals surface area contributed by atoms with Crippen molar-refractivity contribution in [3.05, 3.63) is 0 Å². The molecule has 1 saturated carbocycles. The van der Waals surface area contributed by atoms with Gasteiger partial charge in [-0.1, -0.05) is 6.42 Å². The lowest BCUT2D eigenvalue weighted by molar-refractivity contribution is 0.118. The number of hydrogen-bond donors (Lipinski definition) is 1. The summed E-state index contributed by atoms with van der Waals surface area (Å²) in [6, 6.07) is 2.95. The van der Waals surface area contributed by atoms with Gasteiger partial charge in [-0.05, 0) is 59.5 Å². The first-order chi connectivity index (χ1) is 9.54. The predicted octanol–water partition coefficient (Wildman–Crippen LogP) is 2.41. The molecule has 1 fully saturated rings. The fourth-order valence-corrected chi connectivity index (χ4v) is 3.21. The molecule has 2 unspecified atom stereocenters. The molecule has 1 aliphatic carbocycles. The van der Waals surface area contributed by atoms with Gasteiger partial charge >= 0.3 is 0 Å². The van der Waals surface area contributed by atoms with Crippen LogP contribution in [0.1, 0.15) is 46.5 Å². The first-order valence-electron chi connectivity index (χ1n) is 7.99. The number of likely N-dealkylation sites (N-methyl/N-ethyl adjacent to an activating group) is 1. The molecule has 0 aromatic carbocycles. The molecule has 0 radical (unpaired) electrons. The topological polar surface area (TPSA) is 48.3 Å². The van der Waals surface area contributed by atoms with Crippen LogP contribution >= 0.6 is 0 Å². The minimum Gasteiger partial charge on any atom is -0.380 e. The summed E-state index contributed by atoms with van der Waals surface area (Å²) in [4.78, 5) is 2.31. The van der Waals surface area contributed by atoms with Gasteiger partial charge < -0.3 is 9.64 Å². The molecular weight excluding hydrogens is 250 g/mol. The second-order valence-electron chi connectivity index (χ2n) is 6.26. The average Bonchev–Trinajstić information content (AvgIpc) is 2.79. The van der Waals surface area contributed by atoms with E-state index < -0.39 is 0 Å². The zero-order valence-electron chi connectivity index (χ0n) is 13.6. The summed E-state index contributed by atoms with van der Waals surface area (Å²) in [5.74, 6) is 0.476. The Morgan fingerprint density at radius 3 is 2.80 bits per heavy atom. The molecule has 0 bridgehead atoms. The molecule has 1 aliphatic rings. The van der Waals surface area contributed by atoms with E-state index in [-0.39, 0.29) is 5.54 Å². The van der Waals surface area contributed by atoms with Gasteiger partial charge in [0.1, 0.15) is 5.54 Å². The first kappa shape index (κ1) is 17.4. The van der Waals surface area contributed by atoms with E-state index in [9.17, 15) is 5.26 Å². The number of nitrogens with zero attached hydrogens (tertiary/aromatic N) is 2. The van der Waals surface area contributed by atoms with Gasteiger partial charge in [0.15, 0.2) is 0 Å². The summed E-state index contributed by atoms with van der Waals surface area (Å²) in [5.41, 5.74) is -0.297. The maximum atomic E-state index is 9.63. The van der Waals surface area contributed by atoms with Crippen molar-refractivity contribution in [3.8, 4) is 6.07 Å². The molecule has 116 valence electrons. The van der Waals surface area contributed by atoms with Crippen molar-refractivity contribution >= 4 is 0 Å². The fourth-order valence-electron chi connectivity index (χ4n) is 3.21. The van der Waals surface area contributed by atoms with Crippen LogP contribution in [0.2, 0.25) is 0 Å². The molecule has 0 heterocycles. The van der Waals surface area contributed by atoms with Crippen molar-refractivity contribution in [2.45, 2.75) is 58.0 Å². The Kier molecular flexibility index (Phi) is 7.50. The van der Waals surface area contributed by atoms with Crippen LogP contribution in [-0.2, 0) is 4.74 Å². The highest BCUT2D eigenvalue weighted by atomic mass is 16.5. The van der Waals surface area contributed by atoms with E-state index in [1.165, 1.54) is 12.8 Å². The van der Waals surface area contributed by atoms with Gasteiger partial charge in [-0.3, -0.25) is 5.32 Å². The molecule has 0 spiro atoms. The Morgan fingerprint density at radius 1 is 1.45 bits per heavy atom. The van der Waals surface area contributed by atoms with Gasteiger partial charge in [0, 0.05) is 19.2 Å². The van der Waals surface area contributed by atoms with Gasteiger partial charge in [-0.15, -0.1) is 0 Å². The van der Waals surface area contributed by atoms with E-state index in [1.54, 1.807) is 0 Å².